The van der Waals surface area contributed by atoms with Crippen molar-refractivity contribution >= 4 is 40.0 Å². The number of anilines is 2. The lowest BCUT2D eigenvalue weighted by Gasteiger charge is -2.32. The molecule has 9 nitrogen and oxygen atoms in total. The summed E-state index contributed by atoms with van der Waals surface area (Å²) in [5.74, 6) is 0.588. The van der Waals surface area contributed by atoms with Gasteiger partial charge in [-0.15, -0.1) is 0 Å². The number of carboxylic acids is 1. The quantitative estimate of drug-likeness (QED) is 0.179. The highest BCUT2D eigenvalue weighted by Gasteiger charge is 2.28. The van der Waals surface area contributed by atoms with Gasteiger partial charge in [-0.2, -0.15) is 0 Å². The zero-order chi connectivity index (χ0) is 31.2. The highest BCUT2D eigenvalue weighted by atomic mass is 35.5. The Hall–Kier alpha value is -3.76. The minimum absolute atomic E-state index is 0.444. The molecule has 2 aromatic carbocycles. The molecule has 4 heterocycles. The Bertz CT molecular complexity index is 1640. The molecule has 0 spiro atoms. The van der Waals surface area contributed by atoms with E-state index in [2.05, 4.69) is 34.3 Å². The first kappa shape index (κ1) is 31.2. The van der Waals surface area contributed by atoms with Crippen molar-refractivity contribution in [3.05, 3.63) is 77.1 Å². The molecule has 10 heteroatoms. The van der Waals surface area contributed by atoms with E-state index in [0.717, 1.165) is 97.5 Å². The lowest BCUT2D eigenvalue weighted by atomic mass is 9.98. The number of hydrogen-bond donors (Lipinski definition) is 2. The maximum atomic E-state index is 11.8. The van der Waals surface area contributed by atoms with Crippen LogP contribution in [0.25, 0.3) is 22.0 Å². The summed E-state index contributed by atoms with van der Waals surface area (Å²) in [4.78, 5) is 25.6. The van der Waals surface area contributed by atoms with Crippen molar-refractivity contribution in [3.63, 3.8) is 0 Å². The number of halogens is 1. The molecule has 2 aliphatic heterocycles. The molecule has 2 saturated heterocycles. The molecule has 0 aliphatic carbocycles. The number of pyridine rings is 2. The smallest absolute Gasteiger partial charge is 0.320 e. The number of carbonyl (C=O) groups is 1. The standard InChI is InChI=1S/C35H40ClN5O4/c1-24-27(28-8-5-11-31(32(28)36)45-18-6-14-40-16-19-44-20-17-40)7-4-9-29(24)39-34-33-26(12-13-37-34)21-25(22-38-33)23-41-15-3-2-10-30(41)35(42)43/h4-5,7-9,11-13,21-22,30H,2-3,6,10,14-20,23H2,1H3,(H,37,39)(H,42,43). The fourth-order valence-corrected chi connectivity index (χ4v) is 6.58. The van der Waals surface area contributed by atoms with Crippen LogP contribution in [0.3, 0.4) is 0 Å². The molecule has 0 saturated carbocycles. The number of carboxylic acid groups (broad SMARTS) is 1. The predicted molar refractivity (Wildman–Crippen MR) is 178 cm³/mol. The van der Waals surface area contributed by atoms with Crippen molar-refractivity contribution in [2.45, 2.75) is 45.2 Å². The first-order valence-electron chi connectivity index (χ1n) is 15.8. The average molecular weight is 630 g/mol. The van der Waals surface area contributed by atoms with Gasteiger partial charge < -0.3 is 19.9 Å². The van der Waals surface area contributed by atoms with Crippen molar-refractivity contribution in [1.82, 2.24) is 19.8 Å². The van der Waals surface area contributed by atoms with Crippen LogP contribution in [0.1, 0.15) is 36.8 Å². The van der Waals surface area contributed by atoms with Gasteiger partial charge in [-0.05, 0) is 73.7 Å². The van der Waals surface area contributed by atoms with Crippen molar-refractivity contribution in [2.24, 2.45) is 0 Å². The van der Waals surface area contributed by atoms with E-state index in [1.54, 1.807) is 6.20 Å². The third-order valence-electron chi connectivity index (χ3n) is 8.76. The van der Waals surface area contributed by atoms with E-state index in [1.807, 2.05) is 47.5 Å². The number of piperidine rings is 1. The number of aliphatic carboxylic acids is 1. The molecule has 2 aromatic heterocycles. The Morgan fingerprint density at radius 2 is 1.91 bits per heavy atom. The van der Waals surface area contributed by atoms with Gasteiger partial charge in [-0.1, -0.05) is 42.3 Å². The zero-order valence-electron chi connectivity index (χ0n) is 25.7. The molecule has 0 radical (unpaired) electrons. The fraction of sp³-hybridized carbons (Fsp3) is 0.400. The SMILES string of the molecule is Cc1c(Nc2nccc3cc(CN4CCCCC4C(=O)O)cnc23)cccc1-c1cccc(OCCCN2CCOCC2)c1Cl. The highest BCUT2D eigenvalue weighted by molar-refractivity contribution is 6.34. The van der Waals surface area contributed by atoms with Gasteiger partial charge >= 0.3 is 5.97 Å². The van der Waals surface area contributed by atoms with E-state index in [1.165, 1.54) is 0 Å². The molecule has 236 valence electrons. The molecule has 4 aromatic rings. The molecular weight excluding hydrogens is 590 g/mol. The summed E-state index contributed by atoms with van der Waals surface area (Å²) in [7, 11) is 0. The third kappa shape index (κ3) is 7.39. The molecule has 6 rings (SSSR count). The van der Waals surface area contributed by atoms with Crippen molar-refractivity contribution in [1.29, 1.82) is 0 Å². The summed E-state index contributed by atoms with van der Waals surface area (Å²) < 4.78 is 11.6. The Morgan fingerprint density at radius 1 is 1.09 bits per heavy atom. The van der Waals surface area contributed by atoms with Crippen LogP contribution in [-0.2, 0) is 16.1 Å². The number of ether oxygens (including phenoxy) is 2. The second-order valence-electron chi connectivity index (χ2n) is 11.8. The van der Waals surface area contributed by atoms with Gasteiger partial charge in [0.25, 0.3) is 0 Å². The summed E-state index contributed by atoms with van der Waals surface area (Å²) in [6.45, 7) is 8.52. The molecule has 45 heavy (non-hydrogen) atoms. The zero-order valence-corrected chi connectivity index (χ0v) is 26.4. The Kier molecular flexibility index (Phi) is 10.1. The van der Waals surface area contributed by atoms with Crippen molar-refractivity contribution < 1.29 is 19.4 Å². The van der Waals surface area contributed by atoms with Gasteiger partial charge in [0.05, 0.1) is 24.8 Å². The molecule has 1 unspecified atom stereocenters. The molecule has 0 amide bonds. The molecule has 2 fully saturated rings. The lowest BCUT2D eigenvalue weighted by molar-refractivity contribution is -0.144. The third-order valence-corrected chi connectivity index (χ3v) is 9.15. The Balaban J connectivity index is 1.17. The molecular formula is C35H40ClN5O4. The number of morpholine rings is 1. The average Bonchev–Trinajstić information content (AvgIpc) is 3.05. The Morgan fingerprint density at radius 3 is 2.76 bits per heavy atom. The number of likely N-dealkylation sites (tertiary alicyclic amines) is 1. The first-order valence-corrected chi connectivity index (χ1v) is 16.1. The number of rotatable bonds is 11. The van der Waals surface area contributed by atoms with Gasteiger partial charge in [-0.25, -0.2) is 4.98 Å². The van der Waals surface area contributed by atoms with E-state index in [0.29, 0.717) is 36.2 Å². The molecule has 1 atom stereocenters. The van der Waals surface area contributed by atoms with Crippen LogP contribution >= 0.6 is 11.6 Å². The molecule has 0 bridgehead atoms. The van der Waals surface area contributed by atoms with E-state index in [4.69, 9.17) is 26.1 Å². The largest absolute Gasteiger partial charge is 0.492 e. The van der Waals surface area contributed by atoms with Crippen LogP contribution in [0.2, 0.25) is 5.02 Å². The summed E-state index contributed by atoms with van der Waals surface area (Å²) in [5.41, 5.74) is 5.60. The maximum Gasteiger partial charge on any atom is 0.320 e. The number of hydrogen-bond acceptors (Lipinski definition) is 8. The van der Waals surface area contributed by atoms with Crippen molar-refractivity contribution in [2.75, 3.05) is 51.3 Å². The molecule has 2 N–H and O–H groups in total. The second kappa shape index (κ2) is 14.6. The summed E-state index contributed by atoms with van der Waals surface area (Å²) >= 11 is 6.91. The van der Waals surface area contributed by atoms with Gasteiger partial charge in [0.1, 0.15) is 17.3 Å². The topological polar surface area (TPSA) is 100 Å². The number of aromatic nitrogens is 2. The van der Waals surface area contributed by atoms with Crippen LogP contribution in [-0.4, -0.2) is 82.9 Å². The summed E-state index contributed by atoms with van der Waals surface area (Å²) in [6.07, 6.45) is 7.18. The van der Waals surface area contributed by atoms with E-state index >= 15 is 0 Å². The first-order chi connectivity index (χ1) is 22.0. The number of nitrogens with one attached hydrogen (secondary N) is 1. The number of nitrogens with zero attached hydrogens (tertiary/aromatic N) is 4. The van der Waals surface area contributed by atoms with Crippen LogP contribution in [0.15, 0.2) is 60.9 Å². The van der Waals surface area contributed by atoms with Crippen molar-refractivity contribution in [3.8, 4) is 16.9 Å². The van der Waals surface area contributed by atoms with E-state index in [-0.39, 0.29) is 0 Å². The van der Waals surface area contributed by atoms with Gasteiger partial charge in [0.2, 0.25) is 0 Å². The minimum Gasteiger partial charge on any atom is -0.492 e. The lowest BCUT2D eigenvalue weighted by Crippen LogP contribution is -2.44. The van der Waals surface area contributed by atoms with Crippen LogP contribution in [0, 0.1) is 6.92 Å². The van der Waals surface area contributed by atoms with Gasteiger partial charge in [0, 0.05) is 55.2 Å². The van der Waals surface area contributed by atoms with E-state index < -0.39 is 12.0 Å². The normalized spacial score (nSPS) is 17.8. The summed E-state index contributed by atoms with van der Waals surface area (Å²) in [5, 5.41) is 14.7. The van der Waals surface area contributed by atoms with Gasteiger partial charge in [0.15, 0.2) is 5.82 Å². The maximum absolute atomic E-state index is 11.8. The molecule has 2 aliphatic rings. The number of benzene rings is 2. The number of fused-ring (bicyclic) bond motifs is 1. The van der Waals surface area contributed by atoms with Crippen LogP contribution < -0.4 is 10.1 Å². The van der Waals surface area contributed by atoms with Crippen LogP contribution in [0.5, 0.6) is 5.75 Å². The Labute approximate surface area is 269 Å². The predicted octanol–water partition coefficient (Wildman–Crippen LogP) is 6.54. The minimum atomic E-state index is -0.753. The van der Waals surface area contributed by atoms with Crippen LogP contribution in [0.4, 0.5) is 11.5 Å². The summed E-state index contributed by atoms with van der Waals surface area (Å²) in [6, 6.07) is 15.6. The van der Waals surface area contributed by atoms with E-state index in [9.17, 15) is 9.90 Å². The monoisotopic (exact) mass is 629 g/mol. The fourth-order valence-electron chi connectivity index (χ4n) is 6.29. The van der Waals surface area contributed by atoms with Gasteiger partial charge in [-0.3, -0.25) is 19.6 Å². The second-order valence-corrected chi connectivity index (χ2v) is 12.1. The highest BCUT2D eigenvalue weighted by Crippen LogP contribution is 2.39.